The first-order valence-corrected chi connectivity index (χ1v) is 5.87. The van der Waals surface area contributed by atoms with Gasteiger partial charge in [0.15, 0.2) is 11.6 Å². The molecule has 0 saturated carbocycles. The van der Waals surface area contributed by atoms with Gasteiger partial charge in [0.25, 0.3) is 0 Å². The first-order valence-electron chi connectivity index (χ1n) is 5.87. The molecule has 94 valence electrons. The van der Waals surface area contributed by atoms with E-state index < -0.39 is 17.3 Å². The second-order valence-corrected chi connectivity index (χ2v) is 4.75. The molecule has 4 heteroatoms. The summed E-state index contributed by atoms with van der Waals surface area (Å²) in [6.07, 6.45) is 1.67. The second kappa shape index (κ2) is 4.69. The molecular weight excluding hydrogens is 227 g/mol. The van der Waals surface area contributed by atoms with Crippen molar-refractivity contribution >= 4 is 0 Å². The van der Waals surface area contributed by atoms with Crippen molar-refractivity contribution in [1.29, 1.82) is 0 Å². The molecule has 1 nitrogen and oxygen atoms in total. The molecular formula is C13H16F3N. The number of hydrogen-bond acceptors (Lipinski definition) is 1. The Morgan fingerprint density at radius 2 is 2.06 bits per heavy atom. The quantitative estimate of drug-likeness (QED) is 0.841. The van der Waals surface area contributed by atoms with Crippen molar-refractivity contribution in [2.24, 2.45) is 5.92 Å². The molecule has 1 N–H and O–H groups in total. The summed E-state index contributed by atoms with van der Waals surface area (Å²) in [4.78, 5) is 0. The number of halogens is 3. The van der Waals surface area contributed by atoms with Crippen molar-refractivity contribution in [3.63, 3.8) is 0 Å². The van der Waals surface area contributed by atoms with Gasteiger partial charge in [0.05, 0.1) is 0 Å². The maximum atomic E-state index is 14.7. The zero-order valence-electron chi connectivity index (χ0n) is 9.77. The van der Waals surface area contributed by atoms with Gasteiger partial charge in [-0.05, 0) is 44.0 Å². The van der Waals surface area contributed by atoms with Crippen LogP contribution in [0.2, 0.25) is 0 Å². The molecule has 2 atom stereocenters. The molecule has 1 aromatic rings. The van der Waals surface area contributed by atoms with Crippen molar-refractivity contribution in [2.45, 2.75) is 25.4 Å². The Kier molecular flexibility index (Phi) is 3.43. The van der Waals surface area contributed by atoms with Crippen LogP contribution in [0.25, 0.3) is 0 Å². The Labute approximate surface area is 99.0 Å². The van der Waals surface area contributed by atoms with Gasteiger partial charge < -0.3 is 5.32 Å². The van der Waals surface area contributed by atoms with Gasteiger partial charge in [-0.3, -0.25) is 0 Å². The third-order valence-corrected chi connectivity index (χ3v) is 3.55. The second-order valence-electron chi connectivity index (χ2n) is 4.75. The van der Waals surface area contributed by atoms with Gasteiger partial charge in [-0.25, -0.2) is 13.2 Å². The summed E-state index contributed by atoms with van der Waals surface area (Å²) in [5.41, 5.74) is -1.41. The number of alkyl halides is 1. The lowest BCUT2D eigenvalue weighted by atomic mass is 9.80. The van der Waals surface area contributed by atoms with Crippen LogP contribution >= 0.6 is 0 Å². The molecule has 0 bridgehead atoms. The van der Waals surface area contributed by atoms with E-state index in [1.54, 1.807) is 0 Å². The summed E-state index contributed by atoms with van der Waals surface area (Å²) in [5, 5.41) is 3.13. The van der Waals surface area contributed by atoms with Crippen molar-refractivity contribution < 1.29 is 13.2 Å². The Balaban J connectivity index is 2.26. The van der Waals surface area contributed by atoms with Crippen LogP contribution < -0.4 is 5.32 Å². The van der Waals surface area contributed by atoms with Gasteiger partial charge in [-0.15, -0.1) is 0 Å². The standard InChI is InChI=1S/C13H16F3N/c1-13(16,10-3-2-6-17-8-10)9-4-5-11(14)12(15)7-9/h4-5,7,10,17H,2-3,6,8H2,1H3. The summed E-state index contributed by atoms with van der Waals surface area (Å²) in [6.45, 7) is 2.91. The molecule has 1 heterocycles. The predicted octanol–water partition coefficient (Wildman–Crippen LogP) is 3.15. The molecule has 1 aromatic carbocycles. The van der Waals surface area contributed by atoms with E-state index in [4.69, 9.17) is 0 Å². The van der Waals surface area contributed by atoms with E-state index >= 15 is 0 Å². The number of benzene rings is 1. The molecule has 0 aliphatic carbocycles. The number of hydrogen-bond donors (Lipinski definition) is 1. The molecule has 0 radical (unpaired) electrons. The summed E-state index contributed by atoms with van der Waals surface area (Å²) in [7, 11) is 0. The number of rotatable bonds is 2. The van der Waals surface area contributed by atoms with Gasteiger partial charge in [-0.2, -0.15) is 0 Å². The third-order valence-electron chi connectivity index (χ3n) is 3.55. The van der Waals surface area contributed by atoms with Crippen LogP contribution in [0.4, 0.5) is 13.2 Å². The van der Waals surface area contributed by atoms with Crippen LogP contribution in [-0.4, -0.2) is 13.1 Å². The minimum atomic E-state index is -1.62. The summed E-state index contributed by atoms with van der Waals surface area (Å²) < 4.78 is 40.6. The molecule has 2 unspecified atom stereocenters. The molecule has 17 heavy (non-hydrogen) atoms. The Hall–Kier alpha value is -1.03. The van der Waals surface area contributed by atoms with Crippen molar-refractivity contribution in [1.82, 2.24) is 5.32 Å². The van der Waals surface area contributed by atoms with E-state index in [-0.39, 0.29) is 11.5 Å². The van der Waals surface area contributed by atoms with Crippen molar-refractivity contribution in [3.8, 4) is 0 Å². The minimum Gasteiger partial charge on any atom is -0.316 e. The van der Waals surface area contributed by atoms with Gasteiger partial charge >= 0.3 is 0 Å². The highest BCUT2D eigenvalue weighted by Crippen LogP contribution is 2.37. The highest BCUT2D eigenvalue weighted by Gasteiger charge is 2.37. The number of nitrogens with one attached hydrogen (secondary N) is 1. The van der Waals surface area contributed by atoms with Gasteiger partial charge in [0.2, 0.25) is 0 Å². The molecule has 0 amide bonds. The van der Waals surface area contributed by atoms with E-state index in [1.165, 1.54) is 13.0 Å². The first kappa shape index (κ1) is 12.4. The van der Waals surface area contributed by atoms with Crippen molar-refractivity contribution in [3.05, 3.63) is 35.4 Å². The summed E-state index contributed by atoms with van der Waals surface area (Å²) in [6, 6.07) is 3.27. The maximum absolute atomic E-state index is 14.7. The monoisotopic (exact) mass is 243 g/mol. The molecule has 0 spiro atoms. The van der Waals surface area contributed by atoms with Crippen LogP contribution in [0.15, 0.2) is 18.2 Å². The normalized spacial score (nSPS) is 24.4. The van der Waals surface area contributed by atoms with Gasteiger partial charge in [-0.1, -0.05) is 6.07 Å². The highest BCUT2D eigenvalue weighted by molar-refractivity contribution is 5.24. The van der Waals surface area contributed by atoms with E-state index in [0.717, 1.165) is 31.5 Å². The Bertz CT molecular complexity index is 398. The topological polar surface area (TPSA) is 12.0 Å². The molecule has 1 fully saturated rings. The largest absolute Gasteiger partial charge is 0.316 e. The predicted molar refractivity (Wildman–Crippen MR) is 60.4 cm³/mol. The van der Waals surface area contributed by atoms with Crippen LogP contribution in [0.5, 0.6) is 0 Å². The van der Waals surface area contributed by atoms with E-state index in [1.807, 2.05) is 0 Å². The van der Waals surface area contributed by atoms with Gasteiger partial charge in [0.1, 0.15) is 5.67 Å². The lowest BCUT2D eigenvalue weighted by Crippen LogP contribution is -2.40. The molecule has 1 aliphatic heterocycles. The summed E-state index contributed by atoms with van der Waals surface area (Å²) in [5.74, 6) is -2.12. The van der Waals surface area contributed by atoms with E-state index in [0.29, 0.717) is 6.54 Å². The first-order chi connectivity index (χ1) is 8.01. The fourth-order valence-corrected chi connectivity index (χ4v) is 2.35. The molecule has 2 rings (SSSR count). The van der Waals surface area contributed by atoms with E-state index in [9.17, 15) is 13.2 Å². The molecule has 1 aliphatic rings. The van der Waals surface area contributed by atoms with Crippen LogP contribution in [0.3, 0.4) is 0 Å². The Morgan fingerprint density at radius 3 is 2.65 bits per heavy atom. The lowest BCUT2D eigenvalue weighted by molar-refractivity contribution is 0.0807. The minimum absolute atomic E-state index is 0.193. The fourth-order valence-electron chi connectivity index (χ4n) is 2.35. The average molecular weight is 243 g/mol. The zero-order valence-corrected chi connectivity index (χ0v) is 9.77. The van der Waals surface area contributed by atoms with E-state index in [2.05, 4.69) is 5.32 Å². The zero-order chi connectivity index (χ0) is 12.5. The SMILES string of the molecule is CC(F)(c1ccc(F)c(F)c1)C1CCCNC1. The smallest absolute Gasteiger partial charge is 0.159 e. The van der Waals surface area contributed by atoms with Crippen LogP contribution in [0, 0.1) is 17.6 Å². The third kappa shape index (κ3) is 2.46. The Morgan fingerprint density at radius 1 is 1.29 bits per heavy atom. The lowest BCUT2D eigenvalue weighted by Gasteiger charge is -2.34. The summed E-state index contributed by atoms with van der Waals surface area (Å²) >= 11 is 0. The van der Waals surface area contributed by atoms with Gasteiger partial charge in [0, 0.05) is 12.5 Å². The highest BCUT2D eigenvalue weighted by atomic mass is 19.2. The molecule has 0 aromatic heterocycles. The van der Waals surface area contributed by atoms with Crippen molar-refractivity contribution in [2.75, 3.05) is 13.1 Å². The maximum Gasteiger partial charge on any atom is 0.159 e. The number of piperidine rings is 1. The van der Waals surface area contributed by atoms with Crippen LogP contribution in [-0.2, 0) is 5.67 Å². The average Bonchev–Trinajstić information content (AvgIpc) is 2.33. The van der Waals surface area contributed by atoms with Crippen LogP contribution in [0.1, 0.15) is 25.3 Å². The fraction of sp³-hybridized carbons (Fsp3) is 0.538. The molecule has 1 saturated heterocycles.